The SMILES string of the molecule is COCNC(=O)c1ccc(Nc2nc(-c3cccnc3)nc3ccccc23)cc1.Cl. The molecule has 2 aromatic carbocycles. The Morgan fingerprint density at radius 3 is 2.53 bits per heavy atom. The molecule has 30 heavy (non-hydrogen) atoms. The Morgan fingerprint density at radius 1 is 1.00 bits per heavy atom. The van der Waals surface area contributed by atoms with Gasteiger partial charge in [0.05, 0.1) is 5.52 Å². The number of carbonyl (C=O) groups excluding carboxylic acids is 1. The van der Waals surface area contributed by atoms with Crippen LogP contribution in [0.25, 0.3) is 22.3 Å². The first-order chi connectivity index (χ1) is 14.2. The van der Waals surface area contributed by atoms with Crippen LogP contribution in [0.4, 0.5) is 11.5 Å². The number of ether oxygens (including phenoxy) is 1. The van der Waals surface area contributed by atoms with E-state index in [-0.39, 0.29) is 25.0 Å². The Bertz CT molecular complexity index is 1140. The number of hydrogen-bond donors (Lipinski definition) is 2. The van der Waals surface area contributed by atoms with Crippen LogP contribution in [0.3, 0.4) is 0 Å². The van der Waals surface area contributed by atoms with Crippen molar-refractivity contribution < 1.29 is 9.53 Å². The Kier molecular flexibility index (Phi) is 6.90. The Balaban J connectivity index is 0.00000256. The Labute approximate surface area is 180 Å². The van der Waals surface area contributed by atoms with Crippen molar-refractivity contribution in [2.24, 2.45) is 0 Å². The molecule has 0 aliphatic rings. The van der Waals surface area contributed by atoms with Gasteiger partial charge in [0, 0.05) is 41.7 Å². The quantitative estimate of drug-likeness (QED) is 0.454. The zero-order chi connectivity index (χ0) is 20.1. The first-order valence-corrected chi connectivity index (χ1v) is 9.06. The van der Waals surface area contributed by atoms with Crippen LogP contribution < -0.4 is 10.6 Å². The van der Waals surface area contributed by atoms with E-state index in [1.54, 1.807) is 24.5 Å². The highest BCUT2D eigenvalue weighted by molar-refractivity contribution is 5.95. The lowest BCUT2D eigenvalue weighted by Gasteiger charge is -2.11. The van der Waals surface area contributed by atoms with Crippen LogP contribution in [0, 0.1) is 0 Å². The first kappa shape index (κ1) is 21.2. The Hall–Kier alpha value is -3.55. The van der Waals surface area contributed by atoms with Crippen molar-refractivity contribution in [3.63, 3.8) is 0 Å². The number of nitrogens with zero attached hydrogens (tertiary/aromatic N) is 3. The van der Waals surface area contributed by atoms with E-state index in [0.717, 1.165) is 22.2 Å². The number of pyridine rings is 1. The van der Waals surface area contributed by atoms with Gasteiger partial charge >= 0.3 is 0 Å². The van der Waals surface area contributed by atoms with Gasteiger partial charge in [0.15, 0.2) is 5.82 Å². The summed E-state index contributed by atoms with van der Waals surface area (Å²) in [6.07, 6.45) is 3.45. The summed E-state index contributed by atoms with van der Waals surface area (Å²) < 4.78 is 4.86. The van der Waals surface area contributed by atoms with Crippen molar-refractivity contribution in [1.82, 2.24) is 20.3 Å². The van der Waals surface area contributed by atoms with Crippen LogP contribution in [0.15, 0.2) is 73.1 Å². The van der Waals surface area contributed by atoms with Gasteiger partial charge in [-0.05, 0) is 48.5 Å². The number of para-hydroxylation sites is 1. The molecule has 0 unspecified atom stereocenters. The predicted molar refractivity (Wildman–Crippen MR) is 119 cm³/mol. The molecular formula is C22H20ClN5O2. The number of fused-ring (bicyclic) bond motifs is 1. The third-order valence-corrected chi connectivity index (χ3v) is 4.31. The van der Waals surface area contributed by atoms with Crippen molar-refractivity contribution >= 4 is 40.7 Å². The summed E-state index contributed by atoms with van der Waals surface area (Å²) >= 11 is 0. The van der Waals surface area contributed by atoms with Gasteiger partial charge in [-0.15, -0.1) is 12.4 Å². The molecule has 2 heterocycles. The summed E-state index contributed by atoms with van der Waals surface area (Å²) in [6, 6.07) is 18.8. The summed E-state index contributed by atoms with van der Waals surface area (Å²) in [4.78, 5) is 25.5. The van der Waals surface area contributed by atoms with E-state index in [2.05, 4.69) is 20.6 Å². The van der Waals surface area contributed by atoms with Crippen LogP contribution in [-0.4, -0.2) is 34.7 Å². The molecule has 0 spiro atoms. The molecule has 7 nitrogen and oxygen atoms in total. The highest BCUT2D eigenvalue weighted by Crippen LogP contribution is 2.27. The number of nitrogens with one attached hydrogen (secondary N) is 2. The van der Waals surface area contributed by atoms with E-state index in [1.165, 1.54) is 7.11 Å². The fourth-order valence-electron chi connectivity index (χ4n) is 2.88. The molecule has 2 aromatic heterocycles. The second-order valence-electron chi connectivity index (χ2n) is 6.30. The summed E-state index contributed by atoms with van der Waals surface area (Å²) in [7, 11) is 1.53. The third-order valence-electron chi connectivity index (χ3n) is 4.31. The molecule has 0 radical (unpaired) electrons. The number of carbonyl (C=O) groups is 1. The summed E-state index contributed by atoms with van der Waals surface area (Å²) in [5.41, 5.74) is 3.04. The third kappa shape index (κ3) is 4.71. The standard InChI is InChI=1S/C22H19N5O2.ClH/c1-29-14-24-22(28)15-8-10-17(11-9-15)25-21-18-6-2-3-7-19(18)26-20(27-21)16-5-4-12-23-13-16;/h2-13H,14H2,1H3,(H,24,28)(H,25,26,27);1H. The highest BCUT2D eigenvalue weighted by atomic mass is 35.5. The van der Waals surface area contributed by atoms with Crippen LogP contribution in [0.2, 0.25) is 0 Å². The van der Waals surface area contributed by atoms with Gasteiger partial charge in [-0.25, -0.2) is 9.97 Å². The van der Waals surface area contributed by atoms with E-state index in [1.807, 2.05) is 48.5 Å². The molecule has 0 fully saturated rings. The number of benzene rings is 2. The number of aromatic nitrogens is 3. The topological polar surface area (TPSA) is 89.0 Å². The molecule has 0 atom stereocenters. The van der Waals surface area contributed by atoms with Crippen molar-refractivity contribution in [2.45, 2.75) is 0 Å². The van der Waals surface area contributed by atoms with Gasteiger partial charge in [-0.2, -0.15) is 0 Å². The molecule has 2 N–H and O–H groups in total. The summed E-state index contributed by atoms with van der Waals surface area (Å²) in [6.45, 7) is 0.170. The molecule has 0 saturated heterocycles. The largest absolute Gasteiger partial charge is 0.364 e. The number of hydrogen-bond acceptors (Lipinski definition) is 6. The average molecular weight is 422 g/mol. The number of methoxy groups -OCH3 is 1. The maximum absolute atomic E-state index is 12.0. The van der Waals surface area contributed by atoms with E-state index < -0.39 is 0 Å². The molecule has 0 aliphatic heterocycles. The van der Waals surface area contributed by atoms with Crippen LogP contribution in [0.5, 0.6) is 0 Å². The van der Waals surface area contributed by atoms with E-state index in [9.17, 15) is 4.79 Å². The zero-order valence-electron chi connectivity index (χ0n) is 16.2. The fourth-order valence-corrected chi connectivity index (χ4v) is 2.88. The summed E-state index contributed by atoms with van der Waals surface area (Å²) in [5.74, 6) is 1.09. The molecule has 1 amide bonds. The van der Waals surface area contributed by atoms with Gasteiger partial charge in [0.25, 0.3) is 5.91 Å². The molecule has 0 aliphatic carbocycles. The fraction of sp³-hybridized carbons (Fsp3) is 0.0909. The van der Waals surface area contributed by atoms with Gasteiger partial charge < -0.3 is 15.4 Å². The monoisotopic (exact) mass is 421 g/mol. The molecule has 4 rings (SSSR count). The van der Waals surface area contributed by atoms with Gasteiger partial charge in [-0.3, -0.25) is 9.78 Å². The van der Waals surface area contributed by atoms with Crippen LogP contribution >= 0.6 is 12.4 Å². The second kappa shape index (κ2) is 9.78. The molecule has 0 saturated carbocycles. The molecule has 4 aromatic rings. The Morgan fingerprint density at radius 2 is 1.80 bits per heavy atom. The minimum atomic E-state index is -0.190. The van der Waals surface area contributed by atoms with Crippen LogP contribution in [0.1, 0.15) is 10.4 Å². The highest BCUT2D eigenvalue weighted by Gasteiger charge is 2.10. The average Bonchev–Trinajstić information content (AvgIpc) is 2.78. The van der Waals surface area contributed by atoms with E-state index >= 15 is 0 Å². The normalized spacial score (nSPS) is 10.3. The zero-order valence-corrected chi connectivity index (χ0v) is 17.0. The van der Waals surface area contributed by atoms with E-state index in [0.29, 0.717) is 17.2 Å². The minimum absolute atomic E-state index is 0. The predicted octanol–water partition coefficient (Wildman–Crippen LogP) is 4.19. The first-order valence-electron chi connectivity index (χ1n) is 9.06. The molecule has 0 bridgehead atoms. The molecular weight excluding hydrogens is 402 g/mol. The lowest BCUT2D eigenvalue weighted by molar-refractivity contribution is 0.0872. The maximum Gasteiger partial charge on any atom is 0.253 e. The minimum Gasteiger partial charge on any atom is -0.364 e. The number of amides is 1. The van der Waals surface area contributed by atoms with Gasteiger partial charge in [0.1, 0.15) is 12.5 Å². The number of anilines is 2. The summed E-state index contributed by atoms with van der Waals surface area (Å²) in [5, 5.41) is 6.90. The smallest absolute Gasteiger partial charge is 0.253 e. The lowest BCUT2D eigenvalue weighted by atomic mass is 10.1. The second-order valence-corrected chi connectivity index (χ2v) is 6.30. The molecule has 8 heteroatoms. The van der Waals surface area contributed by atoms with Crippen molar-refractivity contribution in [3.05, 3.63) is 78.6 Å². The van der Waals surface area contributed by atoms with Crippen LogP contribution in [-0.2, 0) is 4.74 Å². The van der Waals surface area contributed by atoms with Crippen molar-refractivity contribution in [1.29, 1.82) is 0 Å². The van der Waals surface area contributed by atoms with Gasteiger partial charge in [-0.1, -0.05) is 12.1 Å². The molecule has 152 valence electrons. The number of rotatable bonds is 6. The van der Waals surface area contributed by atoms with Crippen molar-refractivity contribution in [2.75, 3.05) is 19.2 Å². The maximum atomic E-state index is 12.0. The number of halogens is 1. The van der Waals surface area contributed by atoms with Gasteiger partial charge in [0.2, 0.25) is 0 Å². The van der Waals surface area contributed by atoms with E-state index in [4.69, 9.17) is 9.72 Å². The lowest BCUT2D eigenvalue weighted by Crippen LogP contribution is -2.25. The van der Waals surface area contributed by atoms with Crippen molar-refractivity contribution in [3.8, 4) is 11.4 Å².